The van der Waals surface area contributed by atoms with Crippen LogP contribution in [0.3, 0.4) is 0 Å². The Balaban J connectivity index is 1.67. The fraction of sp³-hybridized carbons (Fsp3) is 0.192. The van der Waals surface area contributed by atoms with E-state index >= 15 is 0 Å². The van der Waals surface area contributed by atoms with E-state index < -0.39 is 0 Å². The van der Waals surface area contributed by atoms with Gasteiger partial charge in [-0.2, -0.15) is 0 Å². The van der Waals surface area contributed by atoms with E-state index in [1.165, 1.54) is 12.8 Å². The third-order valence-corrected chi connectivity index (χ3v) is 4.98. The lowest BCUT2D eigenvalue weighted by molar-refractivity contribution is 0.306. The van der Waals surface area contributed by atoms with Crippen LogP contribution in [-0.2, 0) is 0 Å². The minimum Gasteiger partial charge on any atom is -0.494 e. The predicted molar refractivity (Wildman–Crippen MR) is 121 cm³/mol. The standard InChI is InChI=1S/C26H25N3O/c1-2-3-4-17-30-24-7-5-20(6-8-24)23-18-25(21-9-13-27-14-10-21)29-26(19-23)22-11-15-28-16-12-22/h5-16,18-19H,2-4,17H2,1H3. The van der Waals surface area contributed by atoms with Crippen LogP contribution in [0.4, 0.5) is 0 Å². The quantitative estimate of drug-likeness (QED) is 0.322. The van der Waals surface area contributed by atoms with E-state index in [9.17, 15) is 0 Å². The highest BCUT2D eigenvalue weighted by atomic mass is 16.5. The molecule has 4 nitrogen and oxygen atoms in total. The van der Waals surface area contributed by atoms with Crippen LogP contribution < -0.4 is 4.74 Å². The topological polar surface area (TPSA) is 47.9 Å². The van der Waals surface area contributed by atoms with Crippen molar-refractivity contribution in [1.29, 1.82) is 0 Å². The van der Waals surface area contributed by atoms with Crippen LogP contribution in [0, 0.1) is 0 Å². The lowest BCUT2D eigenvalue weighted by Crippen LogP contribution is -1.96. The van der Waals surface area contributed by atoms with Crippen LogP contribution >= 0.6 is 0 Å². The van der Waals surface area contributed by atoms with Crippen molar-refractivity contribution in [3.8, 4) is 39.4 Å². The van der Waals surface area contributed by atoms with Gasteiger partial charge in [0.25, 0.3) is 0 Å². The molecule has 0 N–H and O–H groups in total. The number of hydrogen-bond donors (Lipinski definition) is 0. The molecular formula is C26H25N3O. The van der Waals surface area contributed by atoms with E-state index in [1.807, 2.05) is 36.4 Å². The van der Waals surface area contributed by atoms with Gasteiger partial charge in [0, 0.05) is 35.9 Å². The number of aromatic nitrogens is 3. The second-order valence-electron chi connectivity index (χ2n) is 7.18. The Morgan fingerprint density at radius 1 is 0.633 bits per heavy atom. The molecule has 0 amide bonds. The molecule has 0 atom stereocenters. The number of benzene rings is 1. The number of rotatable bonds is 8. The van der Waals surface area contributed by atoms with Gasteiger partial charge in [-0.1, -0.05) is 31.9 Å². The summed E-state index contributed by atoms with van der Waals surface area (Å²) in [5.41, 5.74) is 6.16. The maximum atomic E-state index is 5.86. The fourth-order valence-corrected chi connectivity index (χ4v) is 3.32. The summed E-state index contributed by atoms with van der Waals surface area (Å²) in [4.78, 5) is 13.2. The van der Waals surface area contributed by atoms with Crippen LogP contribution in [0.25, 0.3) is 33.6 Å². The maximum Gasteiger partial charge on any atom is 0.119 e. The van der Waals surface area contributed by atoms with Crippen molar-refractivity contribution in [2.75, 3.05) is 6.61 Å². The van der Waals surface area contributed by atoms with Gasteiger partial charge in [-0.3, -0.25) is 9.97 Å². The second kappa shape index (κ2) is 9.79. The lowest BCUT2D eigenvalue weighted by Gasteiger charge is -2.11. The molecule has 0 aliphatic heterocycles. The van der Waals surface area contributed by atoms with Crippen LogP contribution in [0.5, 0.6) is 5.75 Å². The van der Waals surface area contributed by atoms with E-state index in [-0.39, 0.29) is 0 Å². The van der Waals surface area contributed by atoms with E-state index in [2.05, 4.69) is 41.2 Å². The summed E-state index contributed by atoms with van der Waals surface area (Å²) >= 11 is 0. The van der Waals surface area contributed by atoms with Crippen LogP contribution in [0.15, 0.2) is 85.5 Å². The number of hydrogen-bond acceptors (Lipinski definition) is 4. The lowest BCUT2D eigenvalue weighted by atomic mass is 10.0. The molecule has 3 aromatic heterocycles. The number of ether oxygens (including phenoxy) is 1. The zero-order valence-corrected chi connectivity index (χ0v) is 17.2. The van der Waals surface area contributed by atoms with Crippen LogP contribution in [0.1, 0.15) is 26.2 Å². The third-order valence-electron chi connectivity index (χ3n) is 4.98. The van der Waals surface area contributed by atoms with Gasteiger partial charge in [0.1, 0.15) is 5.75 Å². The molecule has 3 heterocycles. The number of pyridine rings is 3. The average Bonchev–Trinajstić information content (AvgIpc) is 2.83. The van der Waals surface area contributed by atoms with Gasteiger partial charge in [0.2, 0.25) is 0 Å². The molecule has 4 rings (SSSR count). The smallest absolute Gasteiger partial charge is 0.119 e. The van der Waals surface area contributed by atoms with E-state index in [4.69, 9.17) is 9.72 Å². The van der Waals surface area contributed by atoms with E-state index in [0.717, 1.165) is 52.4 Å². The number of unbranched alkanes of at least 4 members (excludes halogenated alkanes) is 2. The van der Waals surface area contributed by atoms with Gasteiger partial charge >= 0.3 is 0 Å². The monoisotopic (exact) mass is 395 g/mol. The molecule has 0 radical (unpaired) electrons. The van der Waals surface area contributed by atoms with Gasteiger partial charge in [0.15, 0.2) is 0 Å². The summed E-state index contributed by atoms with van der Waals surface area (Å²) in [7, 11) is 0. The van der Waals surface area contributed by atoms with Gasteiger partial charge < -0.3 is 4.74 Å². The Hall–Kier alpha value is -3.53. The first-order chi connectivity index (χ1) is 14.8. The maximum absolute atomic E-state index is 5.86. The van der Waals surface area contributed by atoms with Crippen molar-refractivity contribution in [2.45, 2.75) is 26.2 Å². The molecule has 0 bridgehead atoms. The highest BCUT2D eigenvalue weighted by Gasteiger charge is 2.09. The number of nitrogens with zero attached hydrogens (tertiary/aromatic N) is 3. The van der Waals surface area contributed by atoms with Crippen molar-refractivity contribution in [3.63, 3.8) is 0 Å². The van der Waals surface area contributed by atoms with Gasteiger partial charge in [-0.05, 0) is 66.1 Å². The molecule has 1 aromatic carbocycles. The third kappa shape index (κ3) is 4.90. The molecule has 30 heavy (non-hydrogen) atoms. The summed E-state index contributed by atoms with van der Waals surface area (Å²) < 4.78 is 5.86. The van der Waals surface area contributed by atoms with Crippen molar-refractivity contribution in [3.05, 3.63) is 85.5 Å². The van der Waals surface area contributed by atoms with E-state index in [1.54, 1.807) is 24.8 Å². The summed E-state index contributed by atoms with van der Waals surface area (Å²) in [6.45, 7) is 2.96. The summed E-state index contributed by atoms with van der Waals surface area (Å²) in [5, 5.41) is 0. The molecule has 4 heteroatoms. The fourth-order valence-electron chi connectivity index (χ4n) is 3.32. The molecule has 150 valence electrons. The first kappa shape index (κ1) is 19.8. The summed E-state index contributed by atoms with van der Waals surface area (Å²) in [6.07, 6.45) is 10.7. The average molecular weight is 396 g/mol. The van der Waals surface area contributed by atoms with Gasteiger partial charge in [-0.15, -0.1) is 0 Å². The molecule has 0 saturated carbocycles. The first-order valence-corrected chi connectivity index (χ1v) is 10.4. The Kier molecular flexibility index (Phi) is 6.45. The van der Waals surface area contributed by atoms with Crippen LogP contribution in [-0.4, -0.2) is 21.6 Å². The Labute approximate surface area is 177 Å². The molecule has 0 unspecified atom stereocenters. The zero-order valence-electron chi connectivity index (χ0n) is 17.2. The Morgan fingerprint density at radius 3 is 1.73 bits per heavy atom. The molecule has 4 aromatic rings. The van der Waals surface area contributed by atoms with Gasteiger partial charge in [-0.25, -0.2) is 4.98 Å². The highest BCUT2D eigenvalue weighted by Crippen LogP contribution is 2.30. The summed E-state index contributed by atoms with van der Waals surface area (Å²) in [6, 6.07) is 20.5. The van der Waals surface area contributed by atoms with Crippen LogP contribution in [0.2, 0.25) is 0 Å². The Morgan fingerprint density at radius 2 is 1.20 bits per heavy atom. The molecular weight excluding hydrogens is 370 g/mol. The molecule has 0 aliphatic carbocycles. The SMILES string of the molecule is CCCCCOc1ccc(-c2cc(-c3ccncc3)nc(-c3ccncc3)c2)cc1. The predicted octanol–water partition coefficient (Wildman–Crippen LogP) is 6.44. The summed E-state index contributed by atoms with van der Waals surface area (Å²) in [5.74, 6) is 0.910. The molecule has 0 spiro atoms. The van der Waals surface area contributed by atoms with Crippen molar-refractivity contribution in [1.82, 2.24) is 15.0 Å². The second-order valence-corrected chi connectivity index (χ2v) is 7.18. The van der Waals surface area contributed by atoms with E-state index in [0.29, 0.717) is 0 Å². The van der Waals surface area contributed by atoms with Crippen molar-refractivity contribution in [2.24, 2.45) is 0 Å². The minimum absolute atomic E-state index is 0.765. The largest absolute Gasteiger partial charge is 0.494 e. The molecule has 0 aliphatic rings. The normalized spacial score (nSPS) is 10.7. The molecule has 0 saturated heterocycles. The minimum atomic E-state index is 0.765. The zero-order chi connectivity index (χ0) is 20.6. The Bertz CT molecular complexity index is 1010. The van der Waals surface area contributed by atoms with Crippen molar-refractivity contribution >= 4 is 0 Å². The van der Waals surface area contributed by atoms with Crippen molar-refractivity contribution < 1.29 is 4.74 Å². The van der Waals surface area contributed by atoms with Gasteiger partial charge in [0.05, 0.1) is 18.0 Å². The molecule has 0 fully saturated rings. The first-order valence-electron chi connectivity index (χ1n) is 10.4. The highest BCUT2D eigenvalue weighted by molar-refractivity contribution is 5.76.